The van der Waals surface area contributed by atoms with Crippen molar-refractivity contribution < 1.29 is 0 Å². The average molecular weight is 219 g/mol. The molecule has 0 aliphatic heterocycles. The molecule has 0 atom stereocenters. The maximum absolute atomic E-state index is 2.41. The molecule has 16 heavy (non-hydrogen) atoms. The molecule has 1 rings (SSSR count). The highest BCUT2D eigenvalue weighted by atomic mass is 15.1. The number of hydrogen-bond acceptors (Lipinski definition) is 1. The third-order valence-electron chi connectivity index (χ3n) is 2.86. The van der Waals surface area contributed by atoms with Crippen molar-refractivity contribution in [3.63, 3.8) is 0 Å². The Labute approximate surface area is 100 Å². The second kappa shape index (κ2) is 6.70. The van der Waals surface area contributed by atoms with Crippen LogP contribution in [0.25, 0.3) is 0 Å². The normalized spacial score (nSPS) is 11.4. The number of benzene rings is 1. The molecule has 0 unspecified atom stereocenters. The lowest BCUT2D eigenvalue weighted by atomic mass is 10.1. The molecule has 1 aromatic carbocycles. The van der Waals surface area contributed by atoms with Gasteiger partial charge in [-0.1, -0.05) is 43.7 Å². The van der Waals surface area contributed by atoms with Gasteiger partial charge in [-0.05, 0) is 44.8 Å². The fraction of sp³-hybridized carbons (Fsp3) is 0.600. The van der Waals surface area contributed by atoms with Crippen molar-refractivity contribution in [2.24, 2.45) is 5.92 Å². The van der Waals surface area contributed by atoms with Crippen molar-refractivity contribution in [3.8, 4) is 0 Å². The Morgan fingerprint density at radius 2 is 2.00 bits per heavy atom. The molecule has 1 aromatic rings. The van der Waals surface area contributed by atoms with Crippen LogP contribution in [0.2, 0.25) is 0 Å². The molecule has 0 aromatic heterocycles. The minimum absolute atomic E-state index is 0.826. The summed E-state index contributed by atoms with van der Waals surface area (Å²) in [5.74, 6) is 0.826. The van der Waals surface area contributed by atoms with Crippen LogP contribution in [0.15, 0.2) is 24.3 Å². The standard InChI is InChI=1S/C15H25N/c1-13(2)7-6-10-16(4)12-15-9-5-8-14(3)11-15/h5,8-9,11,13H,6-7,10,12H2,1-4H3. The van der Waals surface area contributed by atoms with Gasteiger partial charge in [0, 0.05) is 6.54 Å². The molecule has 0 spiro atoms. The predicted molar refractivity (Wildman–Crippen MR) is 71.6 cm³/mol. The fourth-order valence-corrected chi connectivity index (χ4v) is 1.97. The van der Waals surface area contributed by atoms with Crippen LogP contribution in [0.5, 0.6) is 0 Å². The van der Waals surface area contributed by atoms with Crippen molar-refractivity contribution in [3.05, 3.63) is 35.4 Å². The van der Waals surface area contributed by atoms with Gasteiger partial charge in [0.15, 0.2) is 0 Å². The highest BCUT2D eigenvalue weighted by molar-refractivity contribution is 5.21. The van der Waals surface area contributed by atoms with E-state index in [0.717, 1.165) is 12.5 Å². The van der Waals surface area contributed by atoms with E-state index >= 15 is 0 Å². The number of hydrogen-bond donors (Lipinski definition) is 0. The molecule has 0 saturated carbocycles. The first-order chi connectivity index (χ1) is 7.58. The molecule has 0 fully saturated rings. The van der Waals surface area contributed by atoms with Crippen molar-refractivity contribution in [2.75, 3.05) is 13.6 Å². The molecule has 0 aliphatic rings. The summed E-state index contributed by atoms with van der Waals surface area (Å²) < 4.78 is 0. The lowest BCUT2D eigenvalue weighted by Crippen LogP contribution is -2.19. The second-order valence-corrected chi connectivity index (χ2v) is 5.26. The highest BCUT2D eigenvalue weighted by Gasteiger charge is 2.01. The summed E-state index contributed by atoms with van der Waals surface area (Å²) in [7, 11) is 2.21. The second-order valence-electron chi connectivity index (χ2n) is 5.26. The smallest absolute Gasteiger partial charge is 0.0230 e. The summed E-state index contributed by atoms with van der Waals surface area (Å²) in [6.45, 7) is 9.01. The largest absolute Gasteiger partial charge is 0.302 e. The van der Waals surface area contributed by atoms with Crippen molar-refractivity contribution in [1.29, 1.82) is 0 Å². The Kier molecular flexibility index (Phi) is 5.54. The predicted octanol–water partition coefficient (Wildman–Crippen LogP) is 3.86. The summed E-state index contributed by atoms with van der Waals surface area (Å²) in [6.07, 6.45) is 2.64. The summed E-state index contributed by atoms with van der Waals surface area (Å²) in [5, 5.41) is 0. The summed E-state index contributed by atoms with van der Waals surface area (Å²) >= 11 is 0. The van der Waals surface area contributed by atoms with Gasteiger partial charge >= 0.3 is 0 Å². The van der Waals surface area contributed by atoms with E-state index in [1.807, 2.05) is 0 Å². The van der Waals surface area contributed by atoms with Gasteiger partial charge in [-0.2, -0.15) is 0 Å². The van der Waals surface area contributed by atoms with Crippen LogP contribution in [-0.2, 0) is 6.54 Å². The Morgan fingerprint density at radius 3 is 2.62 bits per heavy atom. The Hall–Kier alpha value is -0.820. The van der Waals surface area contributed by atoms with Crippen molar-refractivity contribution in [2.45, 2.75) is 40.2 Å². The topological polar surface area (TPSA) is 3.24 Å². The average Bonchev–Trinajstić information content (AvgIpc) is 2.16. The zero-order valence-corrected chi connectivity index (χ0v) is 11.2. The quantitative estimate of drug-likeness (QED) is 0.702. The van der Waals surface area contributed by atoms with Gasteiger partial charge in [0.2, 0.25) is 0 Å². The molecule has 0 N–H and O–H groups in total. The SMILES string of the molecule is Cc1cccc(CN(C)CCCC(C)C)c1. The molecule has 90 valence electrons. The molecular formula is C15H25N. The Bertz CT molecular complexity index is 304. The minimum atomic E-state index is 0.826. The molecule has 0 radical (unpaired) electrons. The van der Waals surface area contributed by atoms with Crippen LogP contribution >= 0.6 is 0 Å². The van der Waals surface area contributed by atoms with Crippen molar-refractivity contribution in [1.82, 2.24) is 4.90 Å². The van der Waals surface area contributed by atoms with Gasteiger partial charge in [0.25, 0.3) is 0 Å². The van der Waals surface area contributed by atoms with Crippen LogP contribution in [0.3, 0.4) is 0 Å². The molecule has 0 aliphatic carbocycles. The molecule has 0 saturated heterocycles. The highest BCUT2D eigenvalue weighted by Crippen LogP contribution is 2.08. The molecule has 1 nitrogen and oxygen atoms in total. The third-order valence-corrected chi connectivity index (χ3v) is 2.86. The van der Waals surface area contributed by atoms with E-state index in [1.165, 1.54) is 30.5 Å². The molecule has 1 heteroatoms. The molecular weight excluding hydrogens is 194 g/mol. The molecule has 0 heterocycles. The Balaban J connectivity index is 2.31. The van der Waals surface area contributed by atoms with Gasteiger partial charge in [-0.3, -0.25) is 0 Å². The lowest BCUT2D eigenvalue weighted by molar-refractivity contribution is 0.310. The maximum atomic E-state index is 2.41. The molecule has 0 bridgehead atoms. The first-order valence-electron chi connectivity index (χ1n) is 6.32. The van der Waals surface area contributed by atoms with Crippen LogP contribution in [0.1, 0.15) is 37.8 Å². The zero-order valence-electron chi connectivity index (χ0n) is 11.2. The van der Waals surface area contributed by atoms with E-state index < -0.39 is 0 Å². The van der Waals surface area contributed by atoms with E-state index in [-0.39, 0.29) is 0 Å². The van der Waals surface area contributed by atoms with E-state index in [9.17, 15) is 0 Å². The first-order valence-corrected chi connectivity index (χ1v) is 6.32. The lowest BCUT2D eigenvalue weighted by Gasteiger charge is -2.17. The third kappa shape index (κ3) is 5.32. The number of nitrogens with zero attached hydrogens (tertiary/aromatic N) is 1. The van der Waals surface area contributed by atoms with Crippen LogP contribution in [-0.4, -0.2) is 18.5 Å². The summed E-state index contributed by atoms with van der Waals surface area (Å²) in [6, 6.07) is 8.79. The minimum Gasteiger partial charge on any atom is -0.302 e. The fourth-order valence-electron chi connectivity index (χ4n) is 1.97. The molecule has 0 amide bonds. The van der Waals surface area contributed by atoms with Crippen LogP contribution in [0, 0.1) is 12.8 Å². The summed E-state index contributed by atoms with van der Waals surface area (Å²) in [4.78, 5) is 2.41. The maximum Gasteiger partial charge on any atom is 0.0230 e. The van der Waals surface area contributed by atoms with Crippen molar-refractivity contribution >= 4 is 0 Å². The van der Waals surface area contributed by atoms with Crippen LogP contribution < -0.4 is 0 Å². The van der Waals surface area contributed by atoms with Gasteiger partial charge in [-0.15, -0.1) is 0 Å². The number of rotatable bonds is 6. The van der Waals surface area contributed by atoms with Crippen LogP contribution in [0.4, 0.5) is 0 Å². The zero-order chi connectivity index (χ0) is 12.0. The summed E-state index contributed by atoms with van der Waals surface area (Å²) in [5.41, 5.74) is 2.78. The Morgan fingerprint density at radius 1 is 1.25 bits per heavy atom. The van der Waals surface area contributed by atoms with Gasteiger partial charge in [0.1, 0.15) is 0 Å². The first kappa shape index (κ1) is 13.2. The van der Waals surface area contributed by atoms with E-state index in [1.54, 1.807) is 0 Å². The van der Waals surface area contributed by atoms with E-state index in [4.69, 9.17) is 0 Å². The van der Waals surface area contributed by atoms with E-state index in [0.29, 0.717) is 0 Å². The van der Waals surface area contributed by atoms with Gasteiger partial charge in [-0.25, -0.2) is 0 Å². The number of aryl methyl sites for hydroxylation is 1. The van der Waals surface area contributed by atoms with Gasteiger partial charge < -0.3 is 4.90 Å². The monoisotopic (exact) mass is 219 g/mol. The van der Waals surface area contributed by atoms with Gasteiger partial charge in [0.05, 0.1) is 0 Å². The van der Waals surface area contributed by atoms with E-state index in [2.05, 4.69) is 57.0 Å².